The monoisotopic (exact) mass is 202 g/mol. The number of ether oxygens (including phenoxy) is 2. The summed E-state index contributed by atoms with van der Waals surface area (Å²) in [5.41, 5.74) is 0.267. The van der Waals surface area contributed by atoms with E-state index in [1.54, 1.807) is 6.55 Å². The summed E-state index contributed by atoms with van der Waals surface area (Å²) in [5, 5.41) is 0. The normalized spacial score (nSPS) is 19.5. The fourth-order valence-corrected chi connectivity index (χ4v) is 1.72. The van der Waals surface area contributed by atoms with Crippen LogP contribution in [0.2, 0.25) is 12.6 Å². The Kier molecular flexibility index (Phi) is 4.22. The summed E-state index contributed by atoms with van der Waals surface area (Å²) < 4.78 is 21.5. The molecule has 0 atom stereocenters. The van der Waals surface area contributed by atoms with Gasteiger partial charge >= 0.3 is 0 Å². The zero-order valence-electron chi connectivity index (χ0n) is 8.47. The Hall–Kier alpha value is -0.0631. The van der Waals surface area contributed by atoms with Crippen molar-refractivity contribution < 1.29 is 13.9 Å². The van der Waals surface area contributed by atoms with E-state index in [2.05, 4.69) is 6.92 Å². The van der Waals surface area contributed by atoms with Gasteiger partial charge in [0.15, 0.2) is 0 Å². The van der Waals surface area contributed by atoms with Gasteiger partial charge in [0.25, 0.3) is 8.68 Å². The molecule has 0 unspecified atom stereocenters. The zero-order chi connectivity index (χ0) is 9.73. The smallest absolute Gasteiger partial charge is 0.275 e. The predicted octanol–water partition coefficient (Wildman–Crippen LogP) is 1.48. The third-order valence-electron chi connectivity index (χ3n) is 2.57. The SMILES string of the molecule is CCC1(COCC[Si](C)=O)COC1. The standard InChI is InChI=1S/C9H18O3Si/c1-3-9(7-12-8-9)6-11-4-5-13(2)10/h3-8H2,1-2H3. The second-order valence-corrected chi connectivity index (χ2v) is 5.75. The Morgan fingerprint density at radius 3 is 2.62 bits per heavy atom. The maximum absolute atomic E-state index is 10.8. The molecule has 1 heterocycles. The van der Waals surface area contributed by atoms with Crippen molar-refractivity contribution >= 4 is 8.68 Å². The van der Waals surface area contributed by atoms with Crippen LogP contribution in [0.4, 0.5) is 0 Å². The van der Waals surface area contributed by atoms with Crippen LogP contribution in [-0.4, -0.2) is 35.1 Å². The van der Waals surface area contributed by atoms with Gasteiger partial charge in [-0.3, -0.25) is 0 Å². The summed E-state index contributed by atoms with van der Waals surface area (Å²) in [6.07, 6.45) is 1.11. The van der Waals surface area contributed by atoms with Gasteiger partial charge in [0.1, 0.15) is 0 Å². The first-order valence-electron chi connectivity index (χ1n) is 4.83. The molecule has 0 aromatic rings. The predicted molar refractivity (Wildman–Crippen MR) is 51.5 cm³/mol. The molecule has 0 spiro atoms. The molecule has 0 amide bonds. The van der Waals surface area contributed by atoms with Crippen molar-refractivity contribution in [2.45, 2.75) is 25.9 Å². The van der Waals surface area contributed by atoms with E-state index in [0.717, 1.165) is 26.2 Å². The van der Waals surface area contributed by atoms with E-state index in [1.807, 2.05) is 0 Å². The molecule has 0 aliphatic carbocycles. The van der Waals surface area contributed by atoms with Crippen molar-refractivity contribution in [3.8, 4) is 0 Å². The molecule has 0 aromatic carbocycles. The largest absolute Gasteiger partial charge is 0.389 e. The molecule has 0 bridgehead atoms. The third kappa shape index (κ3) is 3.29. The van der Waals surface area contributed by atoms with Gasteiger partial charge in [-0.05, 0) is 13.0 Å². The molecule has 0 N–H and O–H groups in total. The lowest BCUT2D eigenvalue weighted by Gasteiger charge is -2.40. The van der Waals surface area contributed by atoms with Crippen molar-refractivity contribution in [3.05, 3.63) is 0 Å². The molecule has 3 nitrogen and oxygen atoms in total. The van der Waals surface area contributed by atoms with Gasteiger partial charge in [0, 0.05) is 11.5 Å². The lowest BCUT2D eigenvalue weighted by molar-refractivity contribution is -0.149. The topological polar surface area (TPSA) is 35.5 Å². The lowest BCUT2D eigenvalue weighted by atomic mass is 9.84. The molecule has 76 valence electrons. The fourth-order valence-electron chi connectivity index (χ4n) is 1.28. The van der Waals surface area contributed by atoms with Gasteiger partial charge in [-0.15, -0.1) is 0 Å². The van der Waals surface area contributed by atoms with Gasteiger partial charge in [-0.2, -0.15) is 0 Å². The van der Waals surface area contributed by atoms with Crippen LogP contribution in [-0.2, 0) is 13.9 Å². The van der Waals surface area contributed by atoms with Crippen LogP contribution >= 0.6 is 0 Å². The van der Waals surface area contributed by atoms with Crippen molar-refractivity contribution in [1.82, 2.24) is 0 Å². The summed E-state index contributed by atoms with van der Waals surface area (Å²) in [5.74, 6) is 0. The van der Waals surface area contributed by atoms with Crippen molar-refractivity contribution in [3.63, 3.8) is 0 Å². The van der Waals surface area contributed by atoms with E-state index in [1.165, 1.54) is 0 Å². The molecule has 1 fully saturated rings. The molecular formula is C9H18O3Si. The minimum absolute atomic E-state index is 0.267. The fraction of sp³-hybridized carbons (Fsp3) is 1.00. The highest BCUT2D eigenvalue weighted by atomic mass is 28.3. The maximum Gasteiger partial charge on any atom is 0.275 e. The van der Waals surface area contributed by atoms with Crippen LogP contribution in [0.15, 0.2) is 0 Å². The van der Waals surface area contributed by atoms with Crippen LogP contribution in [0.3, 0.4) is 0 Å². The molecule has 4 heteroatoms. The van der Waals surface area contributed by atoms with E-state index in [0.29, 0.717) is 12.7 Å². The van der Waals surface area contributed by atoms with E-state index in [4.69, 9.17) is 9.47 Å². The van der Waals surface area contributed by atoms with Gasteiger partial charge in [0.2, 0.25) is 0 Å². The first-order valence-corrected chi connectivity index (χ1v) is 6.95. The van der Waals surface area contributed by atoms with Gasteiger partial charge in [0.05, 0.1) is 26.4 Å². The zero-order valence-corrected chi connectivity index (χ0v) is 9.47. The highest BCUT2D eigenvalue weighted by Gasteiger charge is 2.36. The summed E-state index contributed by atoms with van der Waals surface area (Å²) in [6.45, 7) is 6.98. The van der Waals surface area contributed by atoms with Crippen molar-refractivity contribution in [2.24, 2.45) is 5.41 Å². The Morgan fingerprint density at radius 2 is 2.23 bits per heavy atom. The van der Waals surface area contributed by atoms with Gasteiger partial charge in [-0.25, -0.2) is 0 Å². The first-order chi connectivity index (χ1) is 6.18. The minimum Gasteiger partial charge on any atom is -0.389 e. The van der Waals surface area contributed by atoms with Crippen LogP contribution in [0.1, 0.15) is 13.3 Å². The summed E-state index contributed by atoms with van der Waals surface area (Å²) in [7, 11) is -1.35. The minimum atomic E-state index is -1.35. The third-order valence-corrected chi connectivity index (χ3v) is 3.48. The average molecular weight is 202 g/mol. The number of hydrogen-bond donors (Lipinski definition) is 0. The quantitative estimate of drug-likeness (QED) is 0.483. The van der Waals surface area contributed by atoms with Crippen molar-refractivity contribution in [1.29, 1.82) is 0 Å². The molecule has 13 heavy (non-hydrogen) atoms. The Bertz CT molecular complexity index is 172. The molecule has 1 aliphatic rings. The number of hydrogen-bond acceptors (Lipinski definition) is 3. The average Bonchev–Trinajstić information content (AvgIpc) is 2.01. The molecule has 0 radical (unpaired) electrons. The summed E-state index contributed by atoms with van der Waals surface area (Å²) >= 11 is 0. The molecule has 0 saturated carbocycles. The van der Waals surface area contributed by atoms with Crippen LogP contribution in [0.25, 0.3) is 0 Å². The van der Waals surface area contributed by atoms with E-state index >= 15 is 0 Å². The van der Waals surface area contributed by atoms with E-state index in [9.17, 15) is 4.46 Å². The summed E-state index contributed by atoms with van der Waals surface area (Å²) in [4.78, 5) is 0. The van der Waals surface area contributed by atoms with Gasteiger partial charge < -0.3 is 13.9 Å². The lowest BCUT2D eigenvalue weighted by Crippen LogP contribution is -2.45. The molecule has 1 aliphatic heterocycles. The second-order valence-electron chi connectivity index (χ2n) is 3.85. The van der Waals surface area contributed by atoms with Crippen molar-refractivity contribution in [2.75, 3.05) is 26.4 Å². The molecule has 1 saturated heterocycles. The molecular weight excluding hydrogens is 184 g/mol. The van der Waals surface area contributed by atoms with Crippen LogP contribution in [0, 0.1) is 5.41 Å². The second kappa shape index (κ2) is 4.98. The summed E-state index contributed by atoms with van der Waals surface area (Å²) in [6, 6.07) is 0.714. The highest BCUT2D eigenvalue weighted by molar-refractivity contribution is 6.40. The molecule has 1 rings (SSSR count). The first kappa shape index (κ1) is 11.0. The van der Waals surface area contributed by atoms with E-state index in [-0.39, 0.29) is 5.41 Å². The van der Waals surface area contributed by atoms with E-state index < -0.39 is 8.68 Å². The number of rotatable bonds is 6. The van der Waals surface area contributed by atoms with Crippen LogP contribution in [0.5, 0.6) is 0 Å². The Balaban J connectivity index is 2.07. The van der Waals surface area contributed by atoms with Gasteiger partial charge in [-0.1, -0.05) is 6.92 Å². The maximum atomic E-state index is 10.8. The highest BCUT2D eigenvalue weighted by Crippen LogP contribution is 2.31. The van der Waals surface area contributed by atoms with Crippen LogP contribution < -0.4 is 0 Å². The Morgan fingerprint density at radius 1 is 1.54 bits per heavy atom. The molecule has 0 aromatic heterocycles. The Labute approximate surface area is 81.1 Å².